The van der Waals surface area contributed by atoms with E-state index in [1.54, 1.807) is 4.57 Å². The molecule has 28 heavy (non-hydrogen) atoms. The Bertz CT molecular complexity index is 918. The zero-order chi connectivity index (χ0) is 20.3. The second kappa shape index (κ2) is 7.87. The van der Waals surface area contributed by atoms with E-state index in [0.717, 1.165) is 18.9 Å². The standard InChI is InChI=1S/C19H19F3N4O2/c1-2-10-23-18(28)16-25-15(14-9-5-6-11-26(14)16)17(27)24-13-8-4-3-7-12(13)19(20,21)22/h2-4,7-8H,1,5-6,9-11H2,(H,23,28)(H,24,27). The van der Waals surface area contributed by atoms with Crippen molar-refractivity contribution < 1.29 is 22.8 Å². The number of amides is 2. The van der Waals surface area contributed by atoms with Crippen molar-refractivity contribution in [1.82, 2.24) is 14.9 Å². The number of aromatic nitrogens is 2. The molecule has 0 bridgehead atoms. The van der Waals surface area contributed by atoms with Crippen LogP contribution >= 0.6 is 0 Å². The van der Waals surface area contributed by atoms with E-state index < -0.39 is 23.6 Å². The normalized spacial score (nSPS) is 13.5. The van der Waals surface area contributed by atoms with Gasteiger partial charge in [0.25, 0.3) is 11.8 Å². The minimum absolute atomic E-state index is 0.0274. The Kier molecular flexibility index (Phi) is 5.53. The van der Waals surface area contributed by atoms with Crippen molar-refractivity contribution in [2.45, 2.75) is 32.0 Å². The number of carbonyl (C=O) groups excluding carboxylic acids is 2. The molecular weight excluding hydrogens is 373 g/mol. The molecule has 0 unspecified atom stereocenters. The number of fused-ring (bicyclic) bond motifs is 1. The van der Waals surface area contributed by atoms with Gasteiger partial charge in [-0.25, -0.2) is 4.98 Å². The maximum absolute atomic E-state index is 13.2. The van der Waals surface area contributed by atoms with E-state index >= 15 is 0 Å². The Morgan fingerprint density at radius 2 is 1.96 bits per heavy atom. The maximum atomic E-state index is 13.2. The van der Waals surface area contributed by atoms with Gasteiger partial charge in [0.15, 0.2) is 11.5 Å². The molecule has 1 aromatic carbocycles. The summed E-state index contributed by atoms with van der Waals surface area (Å²) in [5.74, 6) is -1.16. The predicted octanol–water partition coefficient (Wildman–Crippen LogP) is 3.41. The average Bonchev–Trinajstić information content (AvgIpc) is 3.05. The highest BCUT2D eigenvalue weighted by Crippen LogP contribution is 2.35. The molecule has 0 atom stereocenters. The minimum atomic E-state index is -4.60. The number of nitrogens with one attached hydrogen (secondary N) is 2. The molecule has 2 aromatic rings. The van der Waals surface area contributed by atoms with Crippen LogP contribution in [-0.4, -0.2) is 27.9 Å². The first-order chi connectivity index (χ1) is 13.3. The molecule has 1 aliphatic heterocycles. The second-order valence-corrected chi connectivity index (χ2v) is 6.34. The van der Waals surface area contributed by atoms with E-state index in [1.807, 2.05) is 0 Å². The zero-order valence-electron chi connectivity index (χ0n) is 15.0. The molecule has 1 aliphatic rings. The molecule has 0 fully saturated rings. The predicted molar refractivity (Wildman–Crippen MR) is 97.1 cm³/mol. The van der Waals surface area contributed by atoms with E-state index in [2.05, 4.69) is 22.2 Å². The van der Waals surface area contributed by atoms with Crippen LogP contribution in [0.4, 0.5) is 18.9 Å². The Hall–Kier alpha value is -3.10. The number of hydrogen-bond acceptors (Lipinski definition) is 3. The van der Waals surface area contributed by atoms with Crippen molar-refractivity contribution >= 4 is 17.5 Å². The first kappa shape index (κ1) is 19.7. The number of anilines is 1. The Balaban J connectivity index is 1.94. The lowest BCUT2D eigenvalue weighted by molar-refractivity contribution is -0.136. The van der Waals surface area contributed by atoms with E-state index in [-0.39, 0.29) is 23.8 Å². The van der Waals surface area contributed by atoms with Crippen molar-refractivity contribution in [2.24, 2.45) is 0 Å². The van der Waals surface area contributed by atoms with Crippen LogP contribution in [0.3, 0.4) is 0 Å². The summed E-state index contributed by atoms with van der Waals surface area (Å²) in [4.78, 5) is 29.2. The third-order valence-corrected chi connectivity index (χ3v) is 4.42. The van der Waals surface area contributed by atoms with Crippen LogP contribution in [0.2, 0.25) is 0 Å². The highest BCUT2D eigenvalue weighted by molar-refractivity contribution is 6.05. The van der Waals surface area contributed by atoms with E-state index in [0.29, 0.717) is 18.7 Å². The number of halogens is 3. The molecular formula is C19H19F3N4O2. The van der Waals surface area contributed by atoms with Gasteiger partial charge >= 0.3 is 6.18 Å². The number of hydrogen-bond donors (Lipinski definition) is 2. The molecule has 0 saturated carbocycles. The summed E-state index contributed by atoms with van der Waals surface area (Å²) in [5, 5.41) is 4.91. The van der Waals surface area contributed by atoms with Gasteiger partial charge in [-0.2, -0.15) is 13.2 Å². The van der Waals surface area contributed by atoms with E-state index in [9.17, 15) is 22.8 Å². The molecule has 148 valence electrons. The third kappa shape index (κ3) is 3.92. The van der Waals surface area contributed by atoms with E-state index in [4.69, 9.17) is 0 Å². The van der Waals surface area contributed by atoms with Gasteiger partial charge in [0.05, 0.1) is 16.9 Å². The highest BCUT2D eigenvalue weighted by Gasteiger charge is 2.34. The van der Waals surface area contributed by atoms with E-state index in [1.165, 1.54) is 24.3 Å². The Morgan fingerprint density at radius 1 is 1.21 bits per heavy atom. The molecule has 1 aromatic heterocycles. The first-order valence-corrected chi connectivity index (χ1v) is 8.79. The van der Waals surface area contributed by atoms with Crippen LogP contribution in [0, 0.1) is 0 Å². The fourth-order valence-electron chi connectivity index (χ4n) is 3.16. The van der Waals surface area contributed by atoms with Gasteiger partial charge in [0, 0.05) is 13.1 Å². The molecule has 2 amide bonds. The van der Waals surface area contributed by atoms with Crippen molar-refractivity contribution in [1.29, 1.82) is 0 Å². The summed E-state index contributed by atoms with van der Waals surface area (Å²) in [6, 6.07) is 4.73. The van der Waals surface area contributed by atoms with Crippen molar-refractivity contribution in [3.8, 4) is 0 Å². The summed E-state index contributed by atoms with van der Waals surface area (Å²) in [7, 11) is 0. The average molecular weight is 392 g/mol. The molecule has 0 radical (unpaired) electrons. The smallest absolute Gasteiger partial charge is 0.346 e. The molecule has 2 heterocycles. The van der Waals surface area contributed by atoms with Gasteiger partial charge in [-0.05, 0) is 31.4 Å². The Morgan fingerprint density at radius 3 is 2.68 bits per heavy atom. The summed E-state index contributed by atoms with van der Waals surface area (Å²) >= 11 is 0. The number of carbonyl (C=O) groups is 2. The SMILES string of the molecule is C=CCNC(=O)c1nc(C(=O)Nc2ccccc2C(F)(F)F)c2n1CCCC2. The van der Waals surface area contributed by atoms with Crippen LogP contribution in [0.5, 0.6) is 0 Å². The number of alkyl halides is 3. The van der Waals surface area contributed by atoms with Crippen molar-refractivity contribution in [2.75, 3.05) is 11.9 Å². The van der Waals surface area contributed by atoms with Crippen molar-refractivity contribution in [3.63, 3.8) is 0 Å². The first-order valence-electron chi connectivity index (χ1n) is 8.79. The van der Waals surface area contributed by atoms with Crippen LogP contribution < -0.4 is 10.6 Å². The number of nitrogens with zero attached hydrogens (tertiary/aromatic N) is 2. The molecule has 6 nitrogen and oxygen atoms in total. The maximum Gasteiger partial charge on any atom is 0.418 e. The zero-order valence-corrected chi connectivity index (χ0v) is 15.0. The second-order valence-electron chi connectivity index (χ2n) is 6.34. The number of benzene rings is 1. The minimum Gasteiger partial charge on any atom is -0.346 e. The topological polar surface area (TPSA) is 76.0 Å². The molecule has 0 spiro atoms. The lowest BCUT2D eigenvalue weighted by Gasteiger charge is -2.17. The summed E-state index contributed by atoms with van der Waals surface area (Å²) in [5.41, 5.74) is -0.770. The van der Waals surface area contributed by atoms with Gasteiger partial charge in [0.1, 0.15) is 0 Å². The quantitative estimate of drug-likeness (QED) is 0.766. The molecule has 3 rings (SSSR count). The highest BCUT2D eigenvalue weighted by atomic mass is 19.4. The van der Waals surface area contributed by atoms with Gasteiger partial charge in [0.2, 0.25) is 0 Å². The summed E-state index contributed by atoms with van der Waals surface area (Å²) in [6.45, 7) is 4.28. The van der Waals surface area contributed by atoms with Gasteiger partial charge < -0.3 is 15.2 Å². The molecule has 9 heteroatoms. The Labute approximate surface area is 159 Å². The number of imidazole rings is 1. The summed E-state index contributed by atoms with van der Waals surface area (Å²) < 4.78 is 41.2. The van der Waals surface area contributed by atoms with Crippen LogP contribution in [0.25, 0.3) is 0 Å². The van der Waals surface area contributed by atoms with Crippen LogP contribution in [-0.2, 0) is 19.1 Å². The molecule has 2 N–H and O–H groups in total. The van der Waals surface area contributed by atoms with Gasteiger partial charge in [-0.1, -0.05) is 18.2 Å². The van der Waals surface area contributed by atoms with Crippen molar-refractivity contribution in [3.05, 3.63) is 59.7 Å². The molecule has 0 saturated heterocycles. The lowest BCUT2D eigenvalue weighted by Crippen LogP contribution is -2.28. The van der Waals surface area contributed by atoms with Gasteiger partial charge in [-0.3, -0.25) is 9.59 Å². The van der Waals surface area contributed by atoms with Crippen LogP contribution in [0.1, 0.15) is 45.2 Å². The number of rotatable bonds is 5. The fourth-order valence-corrected chi connectivity index (χ4v) is 3.16. The van der Waals surface area contributed by atoms with Gasteiger partial charge in [-0.15, -0.1) is 6.58 Å². The largest absolute Gasteiger partial charge is 0.418 e. The number of para-hydroxylation sites is 1. The molecule has 0 aliphatic carbocycles. The lowest BCUT2D eigenvalue weighted by atomic mass is 10.1. The van der Waals surface area contributed by atoms with Crippen LogP contribution in [0.15, 0.2) is 36.9 Å². The fraction of sp³-hybridized carbons (Fsp3) is 0.316. The third-order valence-electron chi connectivity index (χ3n) is 4.42. The summed E-state index contributed by atoms with van der Waals surface area (Å²) in [6.07, 6.45) is -0.944. The monoisotopic (exact) mass is 392 g/mol.